The number of nitrogens with one attached hydrogen (secondary N) is 1. The van der Waals surface area contributed by atoms with E-state index in [9.17, 15) is 14.7 Å². The summed E-state index contributed by atoms with van der Waals surface area (Å²) in [5, 5.41) is 13.9. The lowest BCUT2D eigenvalue weighted by atomic mass is 10.0. The number of hydrogen-bond donors (Lipinski definition) is 2. The van der Waals surface area contributed by atoms with Gasteiger partial charge in [0.15, 0.2) is 0 Å². The van der Waals surface area contributed by atoms with E-state index in [1.54, 1.807) is 32.4 Å². The molecule has 2 N–H and O–H groups in total. The average molecular weight is 486 g/mol. The number of carbonyl (C=O) groups excluding carboxylic acids is 1. The minimum absolute atomic E-state index is 0.204. The van der Waals surface area contributed by atoms with Crippen LogP contribution in [0.5, 0.6) is 17.2 Å². The molecule has 0 aliphatic heterocycles. The zero-order valence-corrected chi connectivity index (χ0v) is 20.1. The van der Waals surface area contributed by atoms with Gasteiger partial charge in [-0.3, -0.25) is 4.79 Å². The van der Waals surface area contributed by atoms with E-state index >= 15 is 0 Å². The first-order chi connectivity index (χ1) is 17.4. The van der Waals surface area contributed by atoms with Gasteiger partial charge in [-0.2, -0.15) is 0 Å². The Morgan fingerprint density at radius 1 is 0.778 bits per heavy atom. The Kier molecular flexibility index (Phi) is 7.70. The number of carboxylic acids is 1. The lowest BCUT2D eigenvalue weighted by molar-refractivity contribution is -0.139. The van der Waals surface area contributed by atoms with Gasteiger partial charge in [0.05, 0.1) is 14.2 Å². The van der Waals surface area contributed by atoms with Gasteiger partial charge in [0.25, 0.3) is 5.91 Å². The highest BCUT2D eigenvalue weighted by Crippen LogP contribution is 2.26. The van der Waals surface area contributed by atoms with Crippen LogP contribution in [0.25, 0.3) is 10.8 Å². The number of benzene rings is 4. The summed E-state index contributed by atoms with van der Waals surface area (Å²) >= 11 is 0. The molecule has 7 heteroatoms. The second kappa shape index (κ2) is 11.3. The number of methoxy groups -OCH3 is 2. The maximum Gasteiger partial charge on any atom is 0.326 e. The number of hydrogen-bond acceptors (Lipinski definition) is 5. The number of amides is 1. The van der Waals surface area contributed by atoms with E-state index in [0.717, 1.165) is 21.9 Å². The van der Waals surface area contributed by atoms with Gasteiger partial charge < -0.3 is 24.6 Å². The minimum atomic E-state index is -1.08. The molecule has 0 fully saturated rings. The third-order valence-corrected chi connectivity index (χ3v) is 5.78. The molecule has 4 aromatic rings. The van der Waals surface area contributed by atoms with Crippen LogP contribution in [0, 0.1) is 0 Å². The molecule has 1 atom stereocenters. The van der Waals surface area contributed by atoms with Gasteiger partial charge in [-0.25, -0.2) is 4.79 Å². The van der Waals surface area contributed by atoms with Gasteiger partial charge in [0.2, 0.25) is 0 Å². The van der Waals surface area contributed by atoms with Crippen LogP contribution in [0.3, 0.4) is 0 Å². The van der Waals surface area contributed by atoms with Crippen LogP contribution < -0.4 is 19.5 Å². The first kappa shape index (κ1) is 24.6. The highest BCUT2D eigenvalue weighted by Gasteiger charge is 2.21. The number of aliphatic carboxylic acids is 1. The van der Waals surface area contributed by atoms with Crippen LogP contribution in [0.15, 0.2) is 84.9 Å². The molecule has 4 rings (SSSR count). The van der Waals surface area contributed by atoms with Crippen molar-refractivity contribution in [1.29, 1.82) is 0 Å². The summed E-state index contributed by atoms with van der Waals surface area (Å²) in [5.41, 5.74) is 2.13. The number of fused-ring (bicyclic) bond motifs is 1. The molecule has 4 aromatic carbocycles. The summed E-state index contributed by atoms with van der Waals surface area (Å²) < 4.78 is 16.6. The fraction of sp³-hybridized carbons (Fsp3) is 0.172. The zero-order valence-electron chi connectivity index (χ0n) is 20.1. The zero-order chi connectivity index (χ0) is 25.5. The van der Waals surface area contributed by atoms with Crippen LogP contribution in [0.2, 0.25) is 0 Å². The maximum atomic E-state index is 12.8. The van der Waals surface area contributed by atoms with Crippen molar-refractivity contribution in [1.82, 2.24) is 5.32 Å². The van der Waals surface area contributed by atoms with Crippen molar-refractivity contribution >= 4 is 22.6 Å². The normalized spacial score (nSPS) is 11.5. The number of carboxylic acid groups (broad SMARTS) is 1. The first-order valence-corrected chi connectivity index (χ1v) is 11.4. The van der Waals surface area contributed by atoms with Crippen LogP contribution in [-0.2, 0) is 17.8 Å². The van der Waals surface area contributed by atoms with Gasteiger partial charge in [0.1, 0.15) is 29.9 Å². The second-order valence-corrected chi connectivity index (χ2v) is 8.29. The third kappa shape index (κ3) is 6.13. The van der Waals surface area contributed by atoms with Crippen molar-refractivity contribution in [2.24, 2.45) is 0 Å². The van der Waals surface area contributed by atoms with Crippen molar-refractivity contribution in [2.75, 3.05) is 14.2 Å². The van der Waals surface area contributed by atoms with E-state index in [4.69, 9.17) is 14.2 Å². The van der Waals surface area contributed by atoms with Crippen molar-refractivity contribution < 1.29 is 28.9 Å². The molecule has 0 spiro atoms. The molecule has 0 bridgehead atoms. The molecule has 0 aliphatic rings. The lowest BCUT2D eigenvalue weighted by Gasteiger charge is -2.15. The number of rotatable bonds is 10. The summed E-state index contributed by atoms with van der Waals surface area (Å²) in [6, 6.07) is 24.6. The Labute approximate surface area is 209 Å². The van der Waals surface area contributed by atoms with E-state index in [0.29, 0.717) is 29.4 Å². The lowest BCUT2D eigenvalue weighted by Crippen LogP contribution is -2.42. The smallest absolute Gasteiger partial charge is 0.326 e. The Morgan fingerprint density at radius 2 is 1.44 bits per heavy atom. The van der Waals surface area contributed by atoms with Crippen molar-refractivity contribution in [2.45, 2.75) is 19.1 Å². The van der Waals surface area contributed by atoms with Crippen molar-refractivity contribution in [3.8, 4) is 17.2 Å². The fourth-order valence-electron chi connectivity index (χ4n) is 3.86. The Hall–Kier alpha value is -4.52. The van der Waals surface area contributed by atoms with Gasteiger partial charge in [-0.15, -0.1) is 0 Å². The average Bonchev–Trinajstić information content (AvgIpc) is 2.91. The van der Waals surface area contributed by atoms with Crippen LogP contribution in [0.1, 0.15) is 21.5 Å². The highest BCUT2D eigenvalue weighted by molar-refractivity contribution is 6.00. The van der Waals surface area contributed by atoms with E-state index in [-0.39, 0.29) is 6.42 Å². The number of ether oxygens (including phenoxy) is 3. The molecule has 7 nitrogen and oxygen atoms in total. The van der Waals surface area contributed by atoms with Gasteiger partial charge in [-0.1, -0.05) is 42.5 Å². The maximum absolute atomic E-state index is 12.8. The van der Waals surface area contributed by atoms with Crippen LogP contribution in [0.4, 0.5) is 0 Å². The highest BCUT2D eigenvalue weighted by atomic mass is 16.5. The molecule has 0 saturated carbocycles. The van der Waals surface area contributed by atoms with Crippen molar-refractivity contribution in [3.05, 3.63) is 102 Å². The summed E-state index contributed by atoms with van der Waals surface area (Å²) in [5.74, 6) is 0.531. The van der Waals surface area contributed by atoms with Gasteiger partial charge in [0, 0.05) is 18.1 Å². The Bertz CT molecular complexity index is 1350. The molecular formula is C29H27NO6. The van der Waals surface area contributed by atoms with E-state index in [1.165, 1.54) is 0 Å². The second-order valence-electron chi connectivity index (χ2n) is 8.29. The van der Waals surface area contributed by atoms with Gasteiger partial charge >= 0.3 is 5.97 Å². The monoisotopic (exact) mass is 485 g/mol. The first-order valence-electron chi connectivity index (χ1n) is 11.4. The quantitative estimate of drug-likeness (QED) is 0.333. The summed E-state index contributed by atoms with van der Waals surface area (Å²) in [7, 11) is 3.20. The molecule has 36 heavy (non-hydrogen) atoms. The molecule has 0 aliphatic carbocycles. The summed E-state index contributed by atoms with van der Waals surface area (Å²) in [6.45, 7) is 0.331. The minimum Gasteiger partial charge on any atom is -0.497 e. The van der Waals surface area contributed by atoms with E-state index in [2.05, 4.69) is 5.32 Å². The fourth-order valence-corrected chi connectivity index (χ4v) is 3.86. The Morgan fingerprint density at radius 3 is 2.11 bits per heavy atom. The topological polar surface area (TPSA) is 94.1 Å². The Balaban J connectivity index is 1.44. The molecular weight excluding hydrogens is 458 g/mol. The summed E-state index contributed by atoms with van der Waals surface area (Å²) in [6.07, 6.45) is 0.204. The van der Waals surface area contributed by atoms with E-state index < -0.39 is 17.9 Å². The number of carbonyl (C=O) groups is 2. The largest absolute Gasteiger partial charge is 0.497 e. The molecule has 0 saturated heterocycles. The molecule has 184 valence electrons. The molecule has 0 radical (unpaired) electrons. The van der Waals surface area contributed by atoms with Crippen LogP contribution >= 0.6 is 0 Å². The third-order valence-electron chi connectivity index (χ3n) is 5.78. The molecule has 1 amide bonds. The predicted molar refractivity (Wildman–Crippen MR) is 137 cm³/mol. The molecule has 0 aromatic heterocycles. The summed E-state index contributed by atoms with van der Waals surface area (Å²) in [4.78, 5) is 24.5. The standard InChI is InChI=1S/C29H27NO6/c1-34-25-12-20(13-26(17-25)35-2)18-36-24-11-10-21-15-23(9-8-22(21)16-24)28(31)30-27(29(32)33)14-19-6-4-3-5-7-19/h3-13,15-17,27H,14,18H2,1-2H3,(H,30,31)(H,32,33)/t27-/m0/s1. The van der Waals surface area contributed by atoms with Gasteiger partial charge in [-0.05, 0) is 58.3 Å². The molecule has 0 heterocycles. The molecule has 0 unspecified atom stereocenters. The SMILES string of the molecule is COc1cc(COc2ccc3cc(C(=O)N[C@@H](Cc4ccccc4)C(=O)O)ccc3c2)cc(OC)c1. The van der Waals surface area contributed by atoms with Crippen molar-refractivity contribution in [3.63, 3.8) is 0 Å². The van der Waals surface area contributed by atoms with E-state index in [1.807, 2.05) is 66.7 Å². The predicted octanol–water partition coefficient (Wildman–Crippen LogP) is 4.86. The van der Waals surface area contributed by atoms with Crippen LogP contribution in [-0.4, -0.2) is 37.2 Å².